The predicted molar refractivity (Wildman–Crippen MR) is 58.1 cm³/mol. The fraction of sp³-hybridized carbons (Fsp3) is 0.636. The van der Waals surface area contributed by atoms with Gasteiger partial charge in [0.25, 0.3) is 0 Å². The first kappa shape index (κ1) is 21.1. The van der Waals surface area contributed by atoms with Crippen molar-refractivity contribution in [3.63, 3.8) is 0 Å². The van der Waals surface area contributed by atoms with Crippen LogP contribution in [0.2, 0.25) is 0 Å². The summed E-state index contributed by atoms with van der Waals surface area (Å²) in [4.78, 5) is 5.46. The van der Waals surface area contributed by atoms with Gasteiger partial charge in [-0.25, -0.2) is 9.97 Å². The fourth-order valence-corrected chi connectivity index (χ4v) is 1.81. The van der Waals surface area contributed by atoms with E-state index in [1.54, 1.807) is 0 Å². The molecular formula is C11H12F6FeN2O2. The Labute approximate surface area is 132 Å². The first-order valence-electron chi connectivity index (χ1n) is 5.73. The Bertz CT molecular complexity index is 464. The summed E-state index contributed by atoms with van der Waals surface area (Å²) in [5.41, 5.74) is -2.51. The van der Waals surface area contributed by atoms with E-state index >= 15 is 0 Å². The van der Waals surface area contributed by atoms with Crippen molar-refractivity contribution >= 4 is 0 Å². The smallest absolute Gasteiger partial charge is 0.393 e. The van der Waals surface area contributed by atoms with E-state index in [0.717, 1.165) is 13.8 Å². The predicted octanol–water partition coefficient (Wildman–Crippen LogP) is 2.36. The number of halogens is 6. The molecule has 0 fully saturated rings. The third-order valence-electron chi connectivity index (χ3n) is 2.67. The molecular weight excluding hydrogens is 362 g/mol. The Morgan fingerprint density at radius 1 is 0.909 bits per heavy atom. The molecule has 2 unspecified atom stereocenters. The van der Waals surface area contributed by atoms with E-state index in [-0.39, 0.29) is 17.1 Å². The van der Waals surface area contributed by atoms with Gasteiger partial charge in [-0.3, -0.25) is 0 Å². The van der Waals surface area contributed by atoms with E-state index < -0.39 is 47.7 Å². The summed E-state index contributed by atoms with van der Waals surface area (Å²) in [5, 5.41) is 18.9. The zero-order chi connectivity index (χ0) is 16.6. The van der Waals surface area contributed by atoms with Gasteiger partial charge in [0.05, 0.1) is 23.8 Å². The molecule has 128 valence electrons. The Kier molecular flexibility index (Phi) is 6.82. The molecule has 0 amide bonds. The molecule has 1 rings (SSSR count). The second kappa shape index (κ2) is 7.12. The maximum absolute atomic E-state index is 12.6. The van der Waals surface area contributed by atoms with E-state index in [1.165, 1.54) is 0 Å². The maximum Gasteiger partial charge on any atom is 0.451 e. The average molecular weight is 374 g/mol. The van der Waals surface area contributed by atoms with E-state index in [2.05, 4.69) is 9.97 Å². The molecule has 2 atom stereocenters. The first-order chi connectivity index (χ1) is 9.34. The van der Waals surface area contributed by atoms with Crippen LogP contribution in [-0.2, 0) is 29.4 Å². The molecule has 1 heterocycles. The fourth-order valence-electron chi connectivity index (χ4n) is 1.81. The number of rotatable bonds is 3. The number of alkyl halides is 6. The van der Waals surface area contributed by atoms with Crippen LogP contribution in [0.1, 0.15) is 37.0 Å². The van der Waals surface area contributed by atoms with Gasteiger partial charge in [0, 0.05) is 17.1 Å². The second-order valence-electron chi connectivity index (χ2n) is 4.50. The van der Waals surface area contributed by atoms with Gasteiger partial charge in [-0.1, -0.05) is 0 Å². The van der Waals surface area contributed by atoms with Gasteiger partial charge >= 0.3 is 12.4 Å². The summed E-state index contributed by atoms with van der Waals surface area (Å²) >= 11 is 0. The Balaban J connectivity index is 0.00000441. The molecule has 11 heteroatoms. The zero-order valence-electron chi connectivity index (χ0n) is 11.2. The number of aliphatic hydroxyl groups is 2. The molecule has 1 aromatic rings. The Morgan fingerprint density at radius 3 is 1.68 bits per heavy atom. The Morgan fingerprint density at radius 2 is 1.36 bits per heavy atom. The normalized spacial score (nSPS) is 16.6. The van der Waals surface area contributed by atoms with Crippen molar-refractivity contribution < 1.29 is 53.6 Å². The molecule has 2 N–H and O–H groups in total. The van der Waals surface area contributed by atoms with Crippen LogP contribution >= 0.6 is 0 Å². The van der Waals surface area contributed by atoms with Gasteiger partial charge < -0.3 is 10.2 Å². The summed E-state index contributed by atoms with van der Waals surface area (Å²) < 4.78 is 75.6. The van der Waals surface area contributed by atoms with Crippen molar-refractivity contribution in [3.05, 3.63) is 23.3 Å². The summed E-state index contributed by atoms with van der Waals surface area (Å²) in [5.74, 6) is -3.38. The molecule has 22 heavy (non-hydrogen) atoms. The summed E-state index contributed by atoms with van der Waals surface area (Å²) in [6, 6.07) is 0.291. The quantitative estimate of drug-likeness (QED) is 0.630. The van der Waals surface area contributed by atoms with Crippen LogP contribution in [0.25, 0.3) is 0 Å². The van der Waals surface area contributed by atoms with E-state index in [4.69, 9.17) is 0 Å². The van der Waals surface area contributed by atoms with Crippen LogP contribution in [0.3, 0.4) is 0 Å². The number of aromatic nitrogens is 2. The van der Waals surface area contributed by atoms with E-state index in [0.29, 0.717) is 6.07 Å². The summed E-state index contributed by atoms with van der Waals surface area (Å²) in [6.07, 6.45) is -13.1. The first-order valence-corrected chi connectivity index (χ1v) is 5.73. The number of aliphatic hydroxyl groups excluding tert-OH is 2. The average Bonchev–Trinajstić information content (AvgIpc) is 2.25. The largest absolute Gasteiger partial charge is 0.451 e. The van der Waals surface area contributed by atoms with Crippen molar-refractivity contribution in [2.24, 2.45) is 0 Å². The van der Waals surface area contributed by atoms with Crippen molar-refractivity contribution in [2.45, 2.75) is 44.3 Å². The molecule has 0 bridgehead atoms. The molecule has 0 spiro atoms. The van der Waals surface area contributed by atoms with Crippen LogP contribution in [0.4, 0.5) is 26.3 Å². The minimum atomic E-state index is -5.18. The minimum Gasteiger partial charge on any atom is -0.393 e. The van der Waals surface area contributed by atoms with Gasteiger partial charge in [0.2, 0.25) is 5.82 Å². The molecule has 4 nitrogen and oxygen atoms in total. The van der Waals surface area contributed by atoms with Crippen LogP contribution < -0.4 is 0 Å². The van der Waals surface area contributed by atoms with Crippen molar-refractivity contribution in [1.82, 2.24) is 9.97 Å². The summed E-state index contributed by atoms with van der Waals surface area (Å²) in [6.45, 7) is 2.25. The number of hydrogen-bond donors (Lipinski definition) is 2. The van der Waals surface area contributed by atoms with Gasteiger partial charge in [-0.15, -0.1) is 0 Å². The third kappa shape index (κ3) is 5.08. The monoisotopic (exact) mass is 374 g/mol. The number of nitrogens with zero attached hydrogens (tertiary/aromatic N) is 2. The van der Waals surface area contributed by atoms with Crippen molar-refractivity contribution in [1.29, 1.82) is 0 Å². The topological polar surface area (TPSA) is 66.2 Å². The molecule has 0 aliphatic rings. The van der Waals surface area contributed by atoms with Gasteiger partial charge in [-0.05, 0) is 19.9 Å². The zero-order valence-corrected chi connectivity index (χ0v) is 12.3. The second-order valence-corrected chi connectivity index (χ2v) is 4.50. The van der Waals surface area contributed by atoms with Gasteiger partial charge in [0.15, 0.2) is 0 Å². The van der Waals surface area contributed by atoms with Crippen LogP contribution in [-0.4, -0.2) is 32.4 Å². The van der Waals surface area contributed by atoms with E-state index in [9.17, 15) is 36.6 Å². The molecule has 0 aliphatic carbocycles. The minimum absolute atomic E-state index is 0. The SMILES string of the molecule is CC(O)C(c1cc(C(F)(F)F)nc(C(F)(F)F)n1)C(C)O.[Fe]. The number of hydrogen-bond acceptors (Lipinski definition) is 4. The molecule has 0 aliphatic heterocycles. The molecule has 0 aromatic carbocycles. The maximum atomic E-state index is 12.6. The molecule has 0 saturated heterocycles. The van der Waals surface area contributed by atoms with Gasteiger partial charge in [-0.2, -0.15) is 26.3 Å². The third-order valence-corrected chi connectivity index (χ3v) is 2.67. The Hall–Kier alpha value is -0.901. The van der Waals surface area contributed by atoms with Crippen molar-refractivity contribution in [2.75, 3.05) is 0 Å². The standard InChI is InChI=1S/C11H12F6N2O2.Fe/c1-4(20)8(5(2)21)6-3-7(10(12,13)14)19-9(18-6)11(15,16)17;/h3-5,8,20-21H,1-2H3;. The molecule has 0 saturated carbocycles. The van der Waals surface area contributed by atoms with Crippen LogP contribution in [0.15, 0.2) is 6.07 Å². The van der Waals surface area contributed by atoms with E-state index in [1.807, 2.05) is 0 Å². The summed E-state index contributed by atoms with van der Waals surface area (Å²) in [7, 11) is 0. The van der Waals surface area contributed by atoms with Crippen molar-refractivity contribution in [3.8, 4) is 0 Å². The molecule has 1 aromatic heterocycles. The van der Waals surface area contributed by atoms with Gasteiger partial charge in [0.1, 0.15) is 5.69 Å². The van der Waals surface area contributed by atoms with Crippen LogP contribution in [0.5, 0.6) is 0 Å². The van der Waals surface area contributed by atoms with Crippen LogP contribution in [0, 0.1) is 0 Å². The molecule has 0 radical (unpaired) electrons.